The number of rotatable bonds is 4. The summed E-state index contributed by atoms with van der Waals surface area (Å²) in [7, 11) is 3.52. The highest BCUT2D eigenvalue weighted by molar-refractivity contribution is 5.86. The van der Waals surface area contributed by atoms with E-state index in [2.05, 4.69) is 6.58 Å². The maximum atomic E-state index is 11.0. The van der Waals surface area contributed by atoms with E-state index in [1.807, 2.05) is 6.92 Å². The Kier molecular flexibility index (Phi) is 4.34. The molecule has 0 aliphatic rings. The largest absolute Gasteiger partial charge is 0.461 e. The van der Waals surface area contributed by atoms with Gasteiger partial charge in [0.15, 0.2) is 0 Å². The first-order valence-electron chi connectivity index (χ1n) is 3.63. The van der Waals surface area contributed by atoms with Crippen molar-refractivity contribution in [3.05, 3.63) is 12.3 Å². The molecule has 0 rings (SSSR count). The van der Waals surface area contributed by atoms with E-state index in [-0.39, 0.29) is 5.97 Å². The second-order valence-corrected chi connectivity index (χ2v) is 2.48. The number of hydrogen-bond acceptors (Lipinski definition) is 3. The van der Waals surface area contributed by atoms with Crippen molar-refractivity contribution in [2.24, 2.45) is 0 Å². The summed E-state index contributed by atoms with van der Waals surface area (Å²) < 4.78 is 4.83. The second-order valence-electron chi connectivity index (χ2n) is 2.48. The lowest BCUT2D eigenvalue weighted by atomic mass is 10.4. The van der Waals surface area contributed by atoms with E-state index in [9.17, 15) is 4.79 Å². The Balaban J connectivity index is 3.75. The fourth-order valence-corrected chi connectivity index (χ4v) is 0.461. The molecule has 0 unspecified atom stereocenters. The first-order valence-corrected chi connectivity index (χ1v) is 3.63. The zero-order chi connectivity index (χ0) is 8.85. The van der Waals surface area contributed by atoms with Crippen molar-refractivity contribution in [1.82, 2.24) is 4.90 Å². The highest BCUT2D eigenvalue weighted by Crippen LogP contribution is 1.97. The number of carbonyl (C=O) groups excluding carboxylic acids is 1. The molecule has 0 atom stereocenters. The van der Waals surface area contributed by atoms with E-state index in [1.165, 1.54) is 0 Å². The monoisotopic (exact) mass is 157 g/mol. The van der Waals surface area contributed by atoms with Gasteiger partial charge < -0.3 is 9.64 Å². The third-order valence-electron chi connectivity index (χ3n) is 1.21. The van der Waals surface area contributed by atoms with Crippen LogP contribution in [0.3, 0.4) is 0 Å². The van der Waals surface area contributed by atoms with Crippen molar-refractivity contribution in [1.29, 1.82) is 0 Å². The fraction of sp³-hybridized carbons (Fsp3) is 0.625. The van der Waals surface area contributed by atoms with Gasteiger partial charge in [0, 0.05) is 14.1 Å². The smallest absolute Gasteiger partial charge is 0.353 e. The summed E-state index contributed by atoms with van der Waals surface area (Å²) in [4.78, 5) is 12.6. The zero-order valence-corrected chi connectivity index (χ0v) is 7.39. The van der Waals surface area contributed by atoms with Crippen LogP contribution in [0.1, 0.15) is 13.3 Å². The number of esters is 1. The molecule has 0 amide bonds. The van der Waals surface area contributed by atoms with E-state index in [1.54, 1.807) is 19.0 Å². The van der Waals surface area contributed by atoms with Crippen LogP contribution in [0.25, 0.3) is 0 Å². The molecule has 0 aromatic carbocycles. The molecule has 0 aromatic heterocycles. The zero-order valence-electron chi connectivity index (χ0n) is 7.39. The molecule has 3 heteroatoms. The number of carbonyl (C=O) groups is 1. The summed E-state index contributed by atoms with van der Waals surface area (Å²) in [6.45, 7) is 5.97. The molecule has 0 N–H and O–H groups in total. The first kappa shape index (κ1) is 10.0. The van der Waals surface area contributed by atoms with Gasteiger partial charge in [-0.2, -0.15) is 0 Å². The molecule has 0 saturated carbocycles. The molecule has 0 aliphatic carbocycles. The van der Waals surface area contributed by atoms with E-state index in [4.69, 9.17) is 4.74 Å². The van der Waals surface area contributed by atoms with Crippen molar-refractivity contribution >= 4 is 5.97 Å². The minimum Gasteiger partial charge on any atom is -0.461 e. The van der Waals surface area contributed by atoms with Gasteiger partial charge in [0.2, 0.25) is 0 Å². The van der Waals surface area contributed by atoms with Gasteiger partial charge in [0.1, 0.15) is 5.70 Å². The van der Waals surface area contributed by atoms with Gasteiger partial charge in [-0.1, -0.05) is 13.5 Å². The average Bonchev–Trinajstić information content (AvgIpc) is 1.98. The molecule has 11 heavy (non-hydrogen) atoms. The molecule has 0 aliphatic heterocycles. The summed E-state index contributed by atoms with van der Waals surface area (Å²) in [6, 6.07) is 0. The van der Waals surface area contributed by atoms with Crippen LogP contribution in [0.4, 0.5) is 0 Å². The Bertz CT molecular complexity index is 152. The SMILES string of the molecule is C=C(C(=O)OCCC)N(C)C. The Morgan fingerprint density at radius 3 is 2.45 bits per heavy atom. The summed E-state index contributed by atoms with van der Waals surface area (Å²) >= 11 is 0. The molecule has 0 saturated heterocycles. The van der Waals surface area contributed by atoms with Gasteiger partial charge in [-0.05, 0) is 6.42 Å². The second kappa shape index (κ2) is 4.77. The summed E-state index contributed by atoms with van der Waals surface area (Å²) in [5, 5.41) is 0. The maximum Gasteiger partial charge on any atom is 0.353 e. The molecule has 3 nitrogen and oxygen atoms in total. The van der Waals surface area contributed by atoms with Crippen LogP contribution in [0, 0.1) is 0 Å². The Morgan fingerprint density at radius 1 is 1.55 bits per heavy atom. The van der Waals surface area contributed by atoms with Crippen LogP contribution in [-0.4, -0.2) is 31.6 Å². The standard InChI is InChI=1S/C8H15NO2/c1-5-6-11-8(10)7(2)9(3)4/h2,5-6H2,1,3-4H3. The van der Waals surface area contributed by atoms with Crippen molar-refractivity contribution in [3.8, 4) is 0 Å². The molecule has 64 valence electrons. The molecule has 0 bridgehead atoms. The summed E-state index contributed by atoms with van der Waals surface area (Å²) in [5.74, 6) is -0.336. The van der Waals surface area contributed by atoms with Crippen molar-refractivity contribution in [3.63, 3.8) is 0 Å². The molecule has 0 aromatic rings. The highest BCUT2D eigenvalue weighted by Gasteiger charge is 2.08. The Labute approximate surface area is 67.6 Å². The van der Waals surface area contributed by atoms with Crippen LogP contribution >= 0.6 is 0 Å². The van der Waals surface area contributed by atoms with E-state index >= 15 is 0 Å². The Morgan fingerprint density at radius 2 is 2.09 bits per heavy atom. The third kappa shape index (κ3) is 3.65. The normalized spacial score (nSPS) is 9.00. The summed E-state index contributed by atoms with van der Waals surface area (Å²) in [6.07, 6.45) is 0.840. The van der Waals surface area contributed by atoms with Crippen molar-refractivity contribution in [2.45, 2.75) is 13.3 Å². The first-order chi connectivity index (χ1) is 5.09. The van der Waals surface area contributed by atoms with Crippen LogP contribution in [-0.2, 0) is 9.53 Å². The van der Waals surface area contributed by atoms with Gasteiger partial charge in [-0.25, -0.2) is 4.79 Å². The predicted octanol–water partition coefficient (Wildman–Crippen LogP) is 1.01. The van der Waals surface area contributed by atoms with Gasteiger partial charge in [-0.15, -0.1) is 0 Å². The van der Waals surface area contributed by atoms with E-state index < -0.39 is 0 Å². The molecule has 0 fully saturated rings. The highest BCUT2D eigenvalue weighted by atomic mass is 16.5. The lowest BCUT2D eigenvalue weighted by Crippen LogP contribution is -2.20. The van der Waals surface area contributed by atoms with Gasteiger partial charge in [0.05, 0.1) is 6.61 Å². The summed E-state index contributed by atoms with van der Waals surface area (Å²) in [5.41, 5.74) is 0.387. The lowest BCUT2D eigenvalue weighted by Gasteiger charge is -2.13. The van der Waals surface area contributed by atoms with Gasteiger partial charge >= 0.3 is 5.97 Å². The number of nitrogens with zero attached hydrogens (tertiary/aromatic N) is 1. The van der Waals surface area contributed by atoms with Gasteiger partial charge in [0.25, 0.3) is 0 Å². The average molecular weight is 157 g/mol. The fourth-order valence-electron chi connectivity index (χ4n) is 0.461. The van der Waals surface area contributed by atoms with E-state index in [0.29, 0.717) is 12.3 Å². The number of likely N-dealkylation sites (N-methyl/N-ethyl adjacent to an activating group) is 1. The quantitative estimate of drug-likeness (QED) is 0.450. The molecular formula is C8H15NO2. The minimum absolute atomic E-state index is 0.336. The van der Waals surface area contributed by atoms with Crippen LogP contribution in [0.15, 0.2) is 12.3 Å². The van der Waals surface area contributed by atoms with Crippen molar-refractivity contribution in [2.75, 3.05) is 20.7 Å². The predicted molar refractivity (Wildman–Crippen MR) is 44.1 cm³/mol. The van der Waals surface area contributed by atoms with Gasteiger partial charge in [-0.3, -0.25) is 0 Å². The van der Waals surface area contributed by atoms with E-state index in [0.717, 1.165) is 6.42 Å². The molecule has 0 radical (unpaired) electrons. The topological polar surface area (TPSA) is 29.5 Å². The number of ether oxygens (including phenoxy) is 1. The molecule has 0 heterocycles. The van der Waals surface area contributed by atoms with Crippen LogP contribution in [0.5, 0.6) is 0 Å². The number of hydrogen-bond donors (Lipinski definition) is 0. The Hall–Kier alpha value is -0.990. The lowest BCUT2D eigenvalue weighted by molar-refractivity contribution is -0.140. The maximum absolute atomic E-state index is 11.0. The minimum atomic E-state index is -0.336. The van der Waals surface area contributed by atoms with Crippen LogP contribution in [0.2, 0.25) is 0 Å². The van der Waals surface area contributed by atoms with Crippen LogP contribution < -0.4 is 0 Å². The molecular weight excluding hydrogens is 142 g/mol. The third-order valence-corrected chi connectivity index (χ3v) is 1.21. The molecule has 0 spiro atoms. The van der Waals surface area contributed by atoms with Crippen molar-refractivity contribution < 1.29 is 9.53 Å².